The van der Waals surface area contributed by atoms with E-state index in [0.717, 1.165) is 31.3 Å². The molecule has 15 heteroatoms. The largest absolute Gasteiger partial charge is 0.478 e. The van der Waals surface area contributed by atoms with Gasteiger partial charge in [0.2, 0.25) is 6.10 Å². The molecule has 0 aromatic heterocycles. The molecule has 0 saturated carbocycles. The van der Waals surface area contributed by atoms with Crippen LogP contribution in [0.4, 0.5) is 23.7 Å². The number of nitrogens with zero attached hydrogens (tertiary/aromatic N) is 3. The van der Waals surface area contributed by atoms with Gasteiger partial charge in [-0.2, -0.15) is 13.2 Å². The van der Waals surface area contributed by atoms with Gasteiger partial charge in [-0.3, -0.25) is 20.0 Å². The molecule has 1 fully saturated rings. The van der Waals surface area contributed by atoms with Crippen LogP contribution in [0, 0.1) is 10.1 Å². The molecule has 1 aromatic rings. The third-order valence-electron chi connectivity index (χ3n) is 4.59. The molecule has 0 unspecified atom stereocenters. The summed E-state index contributed by atoms with van der Waals surface area (Å²) in [7, 11) is 1.15. The number of hydrogen-bond donors (Lipinski definition) is 3. The number of carboxylic acid groups (broad SMARTS) is 1. The van der Waals surface area contributed by atoms with Crippen LogP contribution in [-0.2, 0) is 4.74 Å². The Bertz CT molecular complexity index is 884. The van der Waals surface area contributed by atoms with Crippen molar-refractivity contribution in [1.82, 2.24) is 4.90 Å². The van der Waals surface area contributed by atoms with Gasteiger partial charge in [0.15, 0.2) is 5.17 Å². The number of aliphatic imine (C=N–C) groups is 1. The molecule has 0 radical (unpaired) electrons. The Morgan fingerprint density at radius 3 is 2.45 bits per heavy atom. The first-order valence-corrected chi connectivity index (χ1v) is 9.48. The summed E-state index contributed by atoms with van der Waals surface area (Å²) in [5.74, 6) is -0.373. The van der Waals surface area contributed by atoms with Gasteiger partial charge in [0.1, 0.15) is 35.5 Å². The lowest BCUT2D eigenvalue weighted by Crippen LogP contribution is -2.62. The number of nitro benzene ring substituents is 1. The highest BCUT2D eigenvalue weighted by molar-refractivity contribution is 8.14. The van der Waals surface area contributed by atoms with E-state index in [2.05, 4.69) is 4.99 Å². The van der Waals surface area contributed by atoms with Gasteiger partial charge >= 0.3 is 12.3 Å². The molecule has 2 aliphatic heterocycles. The third-order valence-corrected chi connectivity index (χ3v) is 5.81. The minimum atomic E-state index is -5.05. The van der Waals surface area contributed by atoms with Gasteiger partial charge in [0.05, 0.1) is 4.92 Å². The van der Waals surface area contributed by atoms with E-state index in [1.807, 2.05) is 0 Å². The average Bonchev–Trinajstić information content (AvgIpc) is 3.12. The van der Waals surface area contributed by atoms with E-state index in [4.69, 9.17) is 14.6 Å². The number of fused-ring (bicyclic) bond motifs is 1. The summed E-state index contributed by atoms with van der Waals surface area (Å²) >= 11 is 0.684. The van der Waals surface area contributed by atoms with E-state index in [9.17, 15) is 38.3 Å². The van der Waals surface area contributed by atoms with Crippen molar-refractivity contribution in [3.63, 3.8) is 0 Å². The summed E-state index contributed by atoms with van der Waals surface area (Å²) in [5.41, 5.74) is -1.57. The van der Waals surface area contributed by atoms with Gasteiger partial charge in [0.25, 0.3) is 5.69 Å². The van der Waals surface area contributed by atoms with Gasteiger partial charge in [-0.15, -0.1) is 0 Å². The first-order valence-electron chi connectivity index (χ1n) is 8.60. The predicted molar refractivity (Wildman–Crippen MR) is 98.8 cm³/mol. The van der Waals surface area contributed by atoms with Crippen molar-refractivity contribution < 1.29 is 47.7 Å². The van der Waals surface area contributed by atoms with Crippen molar-refractivity contribution in [3.8, 4) is 5.75 Å². The molecule has 1 aromatic carbocycles. The van der Waals surface area contributed by atoms with E-state index >= 15 is 0 Å². The fraction of sp³-hybridized carbons (Fsp3) is 0.500. The number of non-ortho nitro benzene ring substituents is 1. The van der Waals surface area contributed by atoms with Crippen LogP contribution in [0.2, 0.25) is 0 Å². The number of halogens is 3. The van der Waals surface area contributed by atoms with Crippen molar-refractivity contribution in [2.75, 3.05) is 7.05 Å². The summed E-state index contributed by atoms with van der Waals surface area (Å²) in [6.45, 7) is 0. The van der Waals surface area contributed by atoms with Crippen LogP contribution in [0.5, 0.6) is 5.75 Å². The van der Waals surface area contributed by atoms with Gasteiger partial charge in [-0.25, -0.2) is 4.79 Å². The van der Waals surface area contributed by atoms with E-state index in [0.29, 0.717) is 16.7 Å². The molecular weight excluding hydrogens is 451 g/mol. The molecule has 2 aliphatic rings. The van der Waals surface area contributed by atoms with Crippen LogP contribution in [0.1, 0.15) is 0 Å². The lowest BCUT2D eigenvalue weighted by molar-refractivity contribution is -0.384. The molecular formula is C16H16F3N3O8S. The smallest absolute Gasteiger partial charge is 0.428 e. The lowest BCUT2D eigenvalue weighted by atomic mass is 9.94. The number of aliphatic hydroxyl groups is 2. The van der Waals surface area contributed by atoms with E-state index in [1.165, 1.54) is 0 Å². The second kappa shape index (κ2) is 8.49. The number of rotatable bonds is 4. The molecule has 0 spiro atoms. The molecule has 6 atom stereocenters. The predicted octanol–water partition coefficient (Wildman–Crippen LogP) is 1.43. The summed E-state index contributed by atoms with van der Waals surface area (Å²) < 4.78 is 51.5. The maximum absolute atomic E-state index is 13.7. The third kappa shape index (κ3) is 4.68. The van der Waals surface area contributed by atoms with Crippen molar-refractivity contribution in [2.24, 2.45) is 4.99 Å². The van der Waals surface area contributed by atoms with Crippen LogP contribution in [0.15, 0.2) is 29.3 Å². The summed E-state index contributed by atoms with van der Waals surface area (Å²) in [4.78, 5) is 25.7. The molecule has 11 nitrogen and oxygen atoms in total. The first-order chi connectivity index (χ1) is 14.4. The highest BCUT2D eigenvalue weighted by Crippen LogP contribution is 2.41. The van der Waals surface area contributed by atoms with Crippen molar-refractivity contribution in [2.45, 2.75) is 42.1 Å². The number of thioether (sulfide) groups is 1. The Balaban J connectivity index is 1.83. The van der Waals surface area contributed by atoms with Crippen LogP contribution in [-0.4, -0.2) is 85.5 Å². The highest BCUT2D eigenvalue weighted by atomic mass is 32.2. The molecule has 0 bridgehead atoms. The fourth-order valence-corrected chi connectivity index (χ4v) is 4.15. The SMILES string of the molecule is CN(C(=O)O)C1=N[C@@H]2[C@@H](O)[C@H](O)[C@@H]([C@@H](Oc3ccc([N+](=O)[O-])cc3)C(F)(F)F)O[C@@H]2S1. The maximum Gasteiger partial charge on any atom is 0.428 e. The number of hydrogen-bond acceptors (Lipinski definition) is 9. The number of aliphatic hydroxyl groups excluding tert-OH is 2. The van der Waals surface area contributed by atoms with E-state index in [1.54, 1.807) is 0 Å². The van der Waals surface area contributed by atoms with Crippen molar-refractivity contribution in [1.29, 1.82) is 0 Å². The topological polar surface area (TPSA) is 155 Å². The highest BCUT2D eigenvalue weighted by Gasteiger charge is 2.58. The zero-order chi connectivity index (χ0) is 23.1. The number of amides is 1. The summed E-state index contributed by atoms with van der Waals surface area (Å²) in [6, 6.07) is 2.61. The number of ether oxygens (including phenoxy) is 2. The molecule has 3 rings (SSSR count). The zero-order valence-electron chi connectivity index (χ0n) is 15.5. The molecule has 0 aliphatic carbocycles. The Kier molecular flexibility index (Phi) is 6.31. The number of amidine groups is 1. The molecule has 3 N–H and O–H groups in total. The average molecular weight is 467 g/mol. The Morgan fingerprint density at radius 2 is 1.94 bits per heavy atom. The van der Waals surface area contributed by atoms with Crippen molar-refractivity contribution in [3.05, 3.63) is 34.4 Å². The Hall–Kier alpha value is -2.62. The standard InChI is InChI=1S/C16H16F3N3O8S/c1-21(15(25)26)14-20-8-9(23)10(24)11(30-13(8)31-14)12(16(17,18)19)29-7-4-2-6(3-5-7)22(27)28/h2-5,8-13,23-24H,1H3,(H,25,26)/t8-,9-,10+,11+,12-,13-/m1/s1. The molecule has 31 heavy (non-hydrogen) atoms. The summed E-state index contributed by atoms with van der Waals surface area (Å²) in [5, 5.41) is 40.2. The maximum atomic E-state index is 13.7. The Labute approximate surface area is 176 Å². The number of carbonyl (C=O) groups is 1. The fourth-order valence-electron chi connectivity index (χ4n) is 2.98. The molecule has 1 amide bonds. The molecule has 2 heterocycles. The van der Waals surface area contributed by atoms with E-state index in [-0.39, 0.29) is 16.6 Å². The minimum Gasteiger partial charge on any atom is -0.478 e. The monoisotopic (exact) mass is 467 g/mol. The Morgan fingerprint density at radius 1 is 1.32 bits per heavy atom. The minimum absolute atomic E-state index is 0.116. The lowest BCUT2D eigenvalue weighted by Gasteiger charge is -2.41. The van der Waals surface area contributed by atoms with E-state index < -0.39 is 53.1 Å². The van der Waals surface area contributed by atoms with Gasteiger partial charge < -0.3 is 24.8 Å². The van der Waals surface area contributed by atoms with Gasteiger partial charge in [-0.05, 0) is 12.1 Å². The van der Waals surface area contributed by atoms with Crippen molar-refractivity contribution >= 4 is 28.7 Å². The van der Waals surface area contributed by atoms with Crippen LogP contribution < -0.4 is 4.74 Å². The molecule has 170 valence electrons. The quantitative estimate of drug-likeness (QED) is 0.440. The second-order valence-corrected chi connectivity index (χ2v) is 7.71. The van der Waals surface area contributed by atoms with Crippen LogP contribution >= 0.6 is 11.8 Å². The van der Waals surface area contributed by atoms with Gasteiger partial charge in [0, 0.05) is 19.2 Å². The number of alkyl halides is 3. The number of nitro groups is 1. The molecule has 1 saturated heterocycles. The number of benzene rings is 1. The van der Waals surface area contributed by atoms with Crippen LogP contribution in [0.25, 0.3) is 0 Å². The van der Waals surface area contributed by atoms with Gasteiger partial charge in [-0.1, -0.05) is 11.8 Å². The summed E-state index contributed by atoms with van der Waals surface area (Å²) in [6.07, 6.45) is -15.1. The van der Waals surface area contributed by atoms with Crippen LogP contribution in [0.3, 0.4) is 0 Å². The zero-order valence-corrected chi connectivity index (χ0v) is 16.4. The second-order valence-electron chi connectivity index (χ2n) is 6.64. The first kappa shape index (κ1) is 23.1. The normalized spacial score (nSPS) is 29.0.